The van der Waals surface area contributed by atoms with E-state index in [1.54, 1.807) is 25.3 Å². The minimum Gasteiger partial charge on any atom is -0.495 e. The van der Waals surface area contributed by atoms with E-state index in [9.17, 15) is 4.79 Å². The minimum absolute atomic E-state index is 0.120. The number of carbonyl (C=O) groups is 1. The zero-order valence-corrected chi connectivity index (χ0v) is 16.2. The number of hydrogen-bond donors (Lipinski definition) is 1. The number of nitrogens with zero attached hydrogens (tertiary/aromatic N) is 1. The molecule has 24 heavy (non-hydrogen) atoms. The lowest BCUT2D eigenvalue weighted by Crippen LogP contribution is -2.39. The Bertz CT molecular complexity index is 724. The van der Waals surface area contributed by atoms with Gasteiger partial charge in [0.15, 0.2) is 0 Å². The highest BCUT2D eigenvalue weighted by Crippen LogP contribution is 2.28. The number of hydrogen-bond acceptors (Lipinski definition) is 3. The van der Waals surface area contributed by atoms with Gasteiger partial charge in [0.25, 0.3) is 0 Å². The van der Waals surface area contributed by atoms with Crippen LogP contribution in [0.3, 0.4) is 0 Å². The smallest absolute Gasteiger partial charge is 0.241 e. The molecular formula is C18H20BrClN2O2. The Kier molecular flexibility index (Phi) is 6.66. The topological polar surface area (TPSA) is 41.6 Å². The third-order valence-electron chi connectivity index (χ3n) is 3.84. The second-order valence-electron chi connectivity index (χ2n) is 5.52. The summed E-state index contributed by atoms with van der Waals surface area (Å²) in [6, 6.07) is 12.8. The van der Waals surface area contributed by atoms with Gasteiger partial charge >= 0.3 is 0 Å². The molecule has 2 rings (SSSR count). The standard InChI is InChI=1S/C18H20BrClN2O2/c1-12(22(2)11-13-6-4-5-7-15(13)19)18(23)21-16-10-14(20)8-9-17(16)24-3/h4-10,12H,11H2,1-3H3,(H,21,23)/t12-/m0/s1. The van der Waals surface area contributed by atoms with E-state index in [2.05, 4.69) is 21.2 Å². The van der Waals surface area contributed by atoms with Crippen LogP contribution in [0.25, 0.3) is 0 Å². The summed E-state index contributed by atoms with van der Waals surface area (Å²) in [5.41, 5.74) is 1.69. The van der Waals surface area contributed by atoms with Crippen molar-refractivity contribution >= 4 is 39.1 Å². The van der Waals surface area contributed by atoms with Gasteiger partial charge in [-0.1, -0.05) is 45.7 Å². The van der Waals surface area contributed by atoms with E-state index in [1.165, 1.54) is 0 Å². The number of carbonyl (C=O) groups excluding carboxylic acids is 1. The predicted octanol–water partition coefficient (Wildman–Crippen LogP) is 4.57. The fourth-order valence-electron chi connectivity index (χ4n) is 2.25. The van der Waals surface area contributed by atoms with Gasteiger partial charge in [0.2, 0.25) is 5.91 Å². The molecule has 128 valence electrons. The molecular weight excluding hydrogens is 392 g/mol. The maximum Gasteiger partial charge on any atom is 0.241 e. The van der Waals surface area contributed by atoms with E-state index < -0.39 is 0 Å². The molecule has 0 saturated carbocycles. The van der Waals surface area contributed by atoms with Crippen molar-refractivity contribution < 1.29 is 9.53 Å². The Morgan fingerprint density at radius 2 is 2.04 bits per heavy atom. The predicted molar refractivity (Wildman–Crippen MR) is 102 cm³/mol. The maximum atomic E-state index is 12.5. The number of nitrogens with one attached hydrogen (secondary N) is 1. The van der Waals surface area contributed by atoms with Gasteiger partial charge in [0.05, 0.1) is 18.8 Å². The summed E-state index contributed by atoms with van der Waals surface area (Å²) < 4.78 is 6.29. The van der Waals surface area contributed by atoms with Crippen molar-refractivity contribution in [3.63, 3.8) is 0 Å². The molecule has 6 heteroatoms. The second-order valence-corrected chi connectivity index (χ2v) is 6.81. The quantitative estimate of drug-likeness (QED) is 0.757. The summed E-state index contributed by atoms with van der Waals surface area (Å²) in [6.45, 7) is 2.52. The summed E-state index contributed by atoms with van der Waals surface area (Å²) in [6.07, 6.45) is 0. The van der Waals surface area contributed by atoms with Gasteiger partial charge in [-0.15, -0.1) is 0 Å². The van der Waals surface area contributed by atoms with Crippen molar-refractivity contribution in [2.75, 3.05) is 19.5 Å². The molecule has 0 heterocycles. The molecule has 1 N–H and O–H groups in total. The number of methoxy groups -OCH3 is 1. The van der Waals surface area contributed by atoms with Gasteiger partial charge in [0, 0.05) is 16.0 Å². The average molecular weight is 412 g/mol. The molecule has 0 fully saturated rings. The molecule has 0 aromatic heterocycles. The Morgan fingerprint density at radius 3 is 2.71 bits per heavy atom. The summed E-state index contributed by atoms with van der Waals surface area (Å²) in [7, 11) is 3.47. The van der Waals surface area contributed by atoms with Crippen LogP contribution in [0.15, 0.2) is 46.9 Å². The monoisotopic (exact) mass is 410 g/mol. The molecule has 4 nitrogen and oxygen atoms in total. The summed E-state index contributed by atoms with van der Waals surface area (Å²) in [5, 5.41) is 3.42. The normalized spacial score (nSPS) is 12.1. The third kappa shape index (κ3) is 4.72. The van der Waals surface area contributed by atoms with Crippen LogP contribution in [0.1, 0.15) is 12.5 Å². The molecule has 0 spiro atoms. The SMILES string of the molecule is COc1ccc(Cl)cc1NC(=O)[C@H](C)N(C)Cc1ccccc1Br. The minimum atomic E-state index is -0.319. The molecule has 2 aromatic rings. The van der Waals surface area contributed by atoms with E-state index in [1.807, 2.05) is 43.1 Å². The molecule has 0 unspecified atom stereocenters. The van der Waals surface area contributed by atoms with E-state index in [0.717, 1.165) is 10.0 Å². The average Bonchev–Trinajstić information content (AvgIpc) is 2.56. The van der Waals surface area contributed by atoms with Crippen molar-refractivity contribution in [3.05, 3.63) is 57.5 Å². The second kappa shape index (κ2) is 8.51. The van der Waals surface area contributed by atoms with Gasteiger partial charge in [-0.05, 0) is 43.8 Å². The Labute approximate surface area is 155 Å². The third-order valence-corrected chi connectivity index (χ3v) is 4.85. The van der Waals surface area contributed by atoms with Crippen molar-refractivity contribution in [3.8, 4) is 5.75 Å². The van der Waals surface area contributed by atoms with Gasteiger partial charge in [-0.25, -0.2) is 0 Å². The number of benzene rings is 2. The first-order chi connectivity index (χ1) is 11.4. The molecule has 1 amide bonds. The van der Waals surface area contributed by atoms with E-state index in [4.69, 9.17) is 16.3 Å². The zero-order valence-electron chi connectivity index (χ0n) is 13.8. The van der Waals surface area contributed by atoms with E-state index >= 15 is 0 Å². The molecule has 0 aliphatic carbocycles. The first-order valence-electron chi connectivity index (χ1n) is 7.50. The number of anilines is 1. The molecule has 0 aliphatic rings. The number of likely N-dealkylation sites (N-methyl/N-ethyl adjacent to an activating group) is 1. The van der Waals surface area contributed by atoms with Crippen molar-refractivity contribution in [1.29, 1.82) is 0 Å². The van der Waals surface area contributed by atoms with Gasteiger partial charge < -0.3 is 10.1 Å². The highest BCUT2D eigenvalue weighted by atomic mass is 79.9. The first-order valence-corrected chi connectivity index (χ1v) is 8.67. The molecule has 2 aromatic carbocycles. The summed E-state index contributed by atoms with van der Waals surface area (Å²) in [5.74, 6) is 0.457. The highest BCUT2D eigenvalue weighted by Gasteiger charge is 2.20. The van der Waals surface area contributed by atoms with Crippen LogP contribution in [-0.4, -0.2) is 31.0 Å². The lowest BCUT2D eigenvalue weighted by molar-refractivity contribution is -0.120. The molecule has 0 bridgehead atoms. The highest BCUT2D eigenvalue weighted by molar-refractivity contribution is 9.10. The Balaban J connectivity index is 2.06. The van der Waals surface area contributed by atoms with Crippen LogP contribution in [-0.2, 0) is 11.3 Å². The Hall–Kier alpha value is -1.56. The van der Waals surface area contributed by atoms with E-state index in [-0.39, 0.29) is 11.9 Å². The lowest BCUT2D eigenvalue weighted by Gasteiger charge is -2.24. The van der Waals surface area contributed by atoms with Crippen LogP contribution in [0.2, 0.25) is 5.02 Å². The van der Waals surface area contributed by atoms with Crippen LogP contribution in [0.5, 0.6) is 5.75 Å². The molecule has 0 saturated heterocycles. The van der Waals surface area contributed by atoms with Gasteiger partial charge in [0.1, 0.15) is 5.75 Å². The number of halogens is 2. The Morgan fingerprint density at radius 1 is 1.33 bits per heavy atom. The van der Waals surface area contributed by atoms with Crippen LogP contribution < -0.4 is 10.1 Å². The number of amides is 1. The fourth-order valence-corrected chi connectivity index (χ4v) is 2.83. The van der Waals surface area contributed by atoms with E-state index in [0.29, 0.717) is 23.0 Å². The number of ether oxygens (including phenoxy) is 1. The summed E-state index contributed by atoms with van der Waals surface area (Å²) in [4.78, 5) is 14.5. The fraction of sp³-hybridized carbons (Fsp3) is 0.278. The molecule has 1 atom stereocenters. The van der Waals surface area contributed by atoms with Crippen molar-refractivity contribution in [2.24, 2.45) is 0 Å². The maximum absolute atomic E-state index is 12.5. The van der Waals surface area contributed by atoms with Gasteiger partial charge in [-0.2, -0.15) is 0 Å². The van der Waals surface area contributed by atoms with Crippen molar-refractivity contribution in [2.45, 2.75) is 19.5 Å². The van der Waals surface area contributed by atoms with Crippen LogP contribution in [0, 0.1) is 0 Å². The lowest BCUT2D eigenvalue weighted by atomic mass is 10.2. The zero-order chi connectivity index (χ0) is 17.7. The van der Waals surface area contributed by atoms with Crippen LogP contribution in [0.4, 0.5) is 5.69 Å². The number of rotatable bonds is 6. The molecule has 0 aliphatic heterocycles. The van der Waals surface area contributed by atoms with Crippen molar-refractivity contribution in [1.82, 2.24) is 4.90 Å². The summed E-state index contributed by atoms with van der Waals surface area (Å²) >= 11 is 9.53. The van der Waals surface area contributed by atoms with Crippen LogP contribution >= 0.6 is 27.5 Å². The first kappa shape index (κ1) is 18.8. The van der Waals surface area contributed by atoms with Gasteiger partial charge in [-0.3, -0.25) is 9.69 Å². The molecule has 0 radical (unpaired) electrons. The largest absolute Gasteiger partial charge is 0.495 e.